The Kier molecular flexibility index (Phi) is 8.63. The molecule has 0 aliphatic carbocycles. The van der Waals surface area contributed by atoms with Gasteiger partial charge in [-0.15, -0.1) is 0 Å². The molecule has 3 N–H and O–H groups in total. The van der Waals surface area contributed by atoms with Gasteiger partial charge in [0.05, 0.1) is 6.61 Å². The Labute approximate surface area is 148 Å². The Morgan fingerprint density at radius 2 is 1.67 bits per heavy atom. The normalized spacial score (nSPS) is 10.8. The molecule has 5 heteroatoms. The van der Waals surface area contributed by atoms with Gasteiger partial charge in [-0.05, 0) is 43.3 Å². The number of hydrogen-bond acceptors (Lipinski definition) is 4. The van der Waals surface area contributed by atoms with Crippen LogP contribution in [0.1, 0.15) is 17.5 Å². The molecule has 0 radical (unpaired) electrons. The largest absolute Gasteiger partial charge is 0.489 e. The highest BCUT2D eigenvalue weighted by Crippen LogP contribution is 2.19. The number of hydrogen-bond donors (Lipinski definition) is 3. The first-order chi connectivity index (χ1) is 11.8. The van der Waals surface area contributed by atoms with Gasteiger partial charge in [-0.3, -0.25) is 0 Å². The Hall–Kier alpha value is -1.59. The highest BCUT2D eigenvalue weighted by atomic mass is 35.5. The van der Waals surface area contributed by atoms with Crippen molar-refractivity contribution in [3.63, 3.8) is 0 Å². The molecule has 0 saturated heterocycles. The molecule has 0 aliphatic rings. The van der Waals surface area contributed by atoms with Crippen LogP contribution in [-0.2, 0) is 13.2 Å². The summed E-state index contributed by atoms with van der Waals surface area (Å²) in [4.78, 5) is 0. The summed E-state index contributed by atoms with van der Waals surface area (Å²) in [6.45, 7) is 3.97. The van der Waals surface area contributed by atoms with E-state index in [9.17, 15) is 0 Å². The molecule has 0 amide bonds. The lowest BCUT2D eigenvalue weighted by atomic mass is 10.2. The Morgan fingerprint density at radius 3 is 2.46 bits per heavy atom. The van der Waals surface area contributed by atoms with E-state index < -0.39 is 0 Å². The molecule has 2 aromatic rings. The number of ether oxygens (including phenoxy) is 1. The zero-order valence-electron chi connectivity index (χ0n) is 13.8. The van der Waals surface area contributed by atoms with Gasteiger partial charge in [-0.25, -0.2) is 0 Å². The highest BCUT2D eigenvalue weighted by Gasteiger charge is 2.03. The highest BCUT2D eigenvalue weighted by molar-refractivity contribution is 6.30. The molecule has 0 unspecified atom stereocenters. The van der Waals surface area contributed by atoms with Gasteiger partial charge in [-0.2, -0.15) is 0 Å². The Balaban J connectivity index is 1.76. The van der Waals surface area contributed by atoms with Crippen LogP contribution in [0.15, 0.2) is 48.5 Å². The van der Waals surface area contributed by atoms with Crippen molar-refractivity contribution in [3.05, 3.63) is 64.7 Å². The number of para-hydroxylation sites is 1. The molecule has 0 heterocycles. The molecule has 4 nitrogen and oxygen atoms in total. The topological polar surface area (TPSA) is 53.5 Å². The van der Waals surface area contributed by atoms with Gasteiger partial charge < -0.3 is 20.5 Å². The van der Waals surface area contributed by atoms with Crippen LogP contribution in [0.25, 0.3) is 0 Å². The Morgan fingerprint density at radius 1 is 0.917 bits per heavy atom. The van der Waals surface area contributed by atoms with E-state index >= 15 is 0 Å². The van der Waals surface area contributed by atoms with Gasteiger partial charge in [0.15, 0.2) is 0 Å². The fourth-order valence-electron chi connectivity index (χ4n) is 2.30. The summed E-state index contributed by atoms with van der Waals surface area (Å²) in [6, 6.07) is 15.8. The van der Waals surface area contributed by atoms with Crippen molar-refractivity contribution in [3.8, 4) is 5.75 Å². The number of aliphatic hydroxyl groups is 1. The summed E-state index contributed by atoms with van der Waals surface area (Å²) in [5.74, 6) is 0.901. The molecule has 2 rings (SSSR count). The predicted octanol–water partition coefficient (Wildman–Crippen LogP) is 2.98. The van der Waals surface area contributed by atoms with Crippen LogP contribution in [-0.4, -0.2) is 31.3 Å². The second kappa shape index (κ2) is 11.0. The van der Waals surface area contributed by atoms with Crippen LogP contribution in [0.5, 0.6) is 5.75 Å². The molecule has 0 saturated carbocycles. The first kappa shape index (κ1) is 18.7. The van der Waals surface area contributed by atoms with Crippen LogP contribution in [0, 0.1) is 0 Å². The summed E-state index contributed by atoms with van der Waals surface area (Å²) < 4.78 is 5.95. The molecule has 0 bridgehead atoms. The number of nitrogens with one attached hydrogen (secondary N) is 2. The van der Waals surface area contributed by atoms with Crippen LogP contribution in [0.2, 0.25) is 5.02 Å². The molecule has 130 valence electrons. The van der Waals surface area contributed by atoms with Crippen molar-refractivity contribution in [2.75, 3.05) is 26.2 Å². The van der Waals surface area contributed by atoms with E-state index in [4.69, 9.17) is 21.4 Å². The molecular weight excluding hydrogens is 324 g/mol. The smallest absolute Gasteiger partial charge is 0.124 e. The fourth-order valence-corrected chi connectivity index (χ4v) is 2.42. The van der Waals surface area contributed by atoms with E-state index in [2.05, 4.69) is 16.7 Å². The van der Waals surface area contributed by atoms with Crippen LogP contribution < -0.4 is 15.4 Å². The van der Waals surface area contributed by atoms with Crippen molar-refractivity contribution in [1.29, 1.82) is 0 Å². The molecule has 0 atom stereocenters. The van der Waals surface area contributed by atoms with E-state index in [1.165, 1.54) is 0 Å². The fraction of sp³-hybridized carbons (Fsp3) is 0.368. The van der Waals surface area contributed by atoms with Crippen molar-refractivity contribution < 1.29 is 9.84 Å². The number of rotatable bonds is 11. The third kappa shape index (κ3) is 6.89. The summed E-state index contributed by atoms with van der Waals surface area (Å²) in [6.07, 6.45) is 1.02. The third-order valence-electron chi connectivity index (χ3n) is 3.59. The maximum absolute atomic E-state index is 8.70. The van der Waals surface area contributed by atoms with Gasteiger partial charge in [0.2, 0.25) is 0 Å². The van der Waals surface area contributed by atoms with Crippen molar-refractivity contribution in [2.45, 2.75) is 19.6 Å². The minimum atomic E-state index is 0.186. The van der Waals surface area contributed by atoms with Gasteiger partial charge >= 0.3 is 0 Å². The molecule has 0 aromatic heterocycles. The van der Waals surface area contributed by atoms with E-state index in [1.807, 2.05) is 42.5 Å². The number of halogens is 1. The molecule has 2 aromatic carbocycles. The van der Waals surface area contributed by atoms with Crippen molar-refractivity contribution in [2.24, 2.45) is 0 Å². The quantitative estimate of drug-likeness (QED) is 0.546. The maximum Gasteiger partial charge on any atom is 0.124 e. The minimum Gasteiger partial charge on any atom is -0.489 e. The number of aliphatic hydroxyl groups excluding tert-OH is 1. The summed E-state index contributed by atoms with van der Waals surface area (Å²) in [5, 5.41) is 16.0. The van der Waals surface area contributed by atoms with Crippen LogP contribution in [0.4, 0.5) is 0 Å². The lowest BCUT2D eigenvalue weighted by Gasteiger charge is -2.12. The van der Waals surface area contributed by atoms with Gasteiger partial charge in [-0.1, -0.05) is 41.9 Å². The van der Waals surface area contributed by atoms with E-state index in [1.54, 1.807) is 0 Å². The van der Waals surface area contributed by atoms with Crippen molar-refractivity contribution >= 4 is 11.6 Å². The molecule has 0 spiro atoms. The first-order valence-corrected chi connectivity index (χ1v) is 8.65. The summed E-state index contributed by atoms with van der Waals surface area (Å²) in [7, 11) is 0. The minimum absolute atomic E-state index is 0.186. The zero-order valence-corrected chi connectivity index (χ0v) is 14.6. The lowest BCUT2D eigenvalue weighted by Crippen LogP contribution is -2.24. The standard InChI is InChI=1S/C19H25ClN2O2/c20-18-8-6-16(7-9-18)15-24-19-5-2-1-4-17(19)14-22-11-3-10-21-12-13-23/h1-2,4-9,21-23H,3,10-15H2. The Bertz CT molecular complexity index is 590. The first-order valence-electron chi connectivity index (χ1n) is 8.27. The zero-order chi connectivity index (χ0) is 17.0. The monoisotopic (exact) mass is 348 g/mol. The van der Waals surface area contributed by atoms with Gasteiger partial charge in [0.25, 0.3) is 0 Å². The third-order valence-corrected chi connectivity index (χ3v) is 3.84. The second-order valence-corrected chi connectivity index (χ2v) is 5.96. The van der Waals surface area contributed by atoms with Crippen LogP contribution >= 0.6 is 11.6 Å². The van der Waals surface area contributed by atoms with E-state index in [-0.39, 0.29) is 6.61 Å². The SMILES string of the molecule is OCCNCCCNCc1ccccc1OCc1ccc(Cl)cc1. The number of benzene rings is 2. The summed E-state index contributed by atoms with van der Waals surface area (Å²) >= 11 is 5.90. The van der Waals surface area contributed by atoms with E-state index in [0.29, 0.717) is 13.2 Å². The molecule has 24 heavy (non-hydrogen) atoms. The van der Waals surface area contributed by atoms with Crippen LogP contribution in [0.3, 0.4) is 0 Å². The average molecular weight is 349 g/mol. The summed E-state index contributed by atoms with van der Waals surface area (Å²) in [5.41, 5.74) is 2.24. The lowest BCUT2D eigenvalue weighted by molar-refractivity contribution is 0.292. The van der Waals surface area contributed by atoms with Gasteiger partial charge in [0, 0.05) is 23.7 Å². The second-order valence-electron chi connectivity index (χ2n) is 5.53. The molecule has 0 fully saturated rings. The molecular formula is C19H25ClN2O2. The molecule has 0 aliphatic heterocycles. The maximum atomic E-state index is 8.70. The van der Waals surface area contributed by atoms with E-state index in [0.717, 1.165) is 48.0 Å². The average Bonchev–Trinajstić information content (AvgIpc) is 2.61. The predicted molar refractivity (Wildman–Crippen MR) is 98.5 cm³/mol. The van der Waals surface area contributed by atoms with Crippen molar-refractivity contribution in [1.82, 2.24) is 10.6 Å². The van der Waals surface area contributed by atoms with Gasteiger partial charge in [0.1, 0.15) is 12.4 Å².